The Bertz CT molecular complexity index is 1370. The zero-order chi connectivity index (χ0) is 26.4. The van der Waals surface area contributed by atoms with E-state index in [9.17, 15) is 44.8 Å². The van der Waals surface area contributed by atoms with Crippen LogP contribution in [0.2, 0.25) is 0 Å². The zero-order valence-corrected chi connectivity index (χ0v) is 18.0. The van der Waals surface area contributed by atoms with Gasteiger partial charge in [-0.25, -0.2) is 9.59 Å². The molecule has 0 heterocycles. The highest BCUT2D eigenvalue weighted by molar-refractivity contribution is 6.11. The molecule has 0 unspecified atom stereocenters. The van der Waals surface area contributed by atoms with Gasteiger partial charge in [0.2, 0.25) is 0 Å². The first-order chi connectivity index (χ1) is 17.1. The van der Waals surface area contributed by atoms with Crippen LogP contribution in [0.25, 0.3) is 0 Å². The number of carboxylic acids is 2. The van der Waals surface area contributed by atoms with Crippen molar-refractivity contribution in [2.45, 2.75) is 6.61 Å². The molecule has 0 saturated carbocycles. The average molecular weight is 496 g/mol. The van der Waals surface area contributed by atoms with Crippen molar-refractivity contribution in [2.24, 2.45) is 0 Å². The van der Waals surface area contributed by atoms with Crippen molar-refractivity contribution in [1.29, 1.82) is 0 Å². The van der Waals surface area contributed by atoms with Gasteiger partial charge in [-0.05, 0) is 42.0 Å². The molecule has 3 rings (SSSR count). The second-order valence-electron chi connectivity index (χ2n) is 7.12. The largest absolute Gasteiger partial charge is 0.478 e. The number of aromatic carboxylic acids is 2. The molecule has 3 aromatic rings. The molecule has 0 aliphatic heterocycles. The average Bonchev–Trinajstić information content (AvgIpc) is 2.84. The van der Waals surface area contributed by atoms with Gasteiger partial charge in [0, 0.05) is 30.0 Å². The predicted molar refractivity (Wildman–Crippen MR) is 123 cm³/mol. The Morgan fingerprint density at radius 1 is 0.750 bits per heavy atom. The van der Waals surface area contributed by atoms with E-state index in [2.05, 4.69) is 10.8 Å². The van der Waals surface area contributed by atoms with Gasteiger partial charge in [0.15, 0.2) is 0 Å². The standard InChI is InChI=1S/C22H16N4O10/c27-20(17-8-7-16(26(34)35)10-19(17)22(30)31)23-13-2-4-14(5-3-13)24-36-11-12-1-6-15(25(32)33)9-18(12)21(28)29/h1-10,24H,11H2,(H,23,27)(H,28,29)(H,30,31). The third-order valence-electron chi connectivity index (χ3n) is 4.78. The minimum atomic E-state index is -1.50. The molecule has 0 saturated heterocycles. The van der Waals surface area contributed by atoms with Crippen LogP contribution in [-0.2, 0) is 11.4 Å². The second-order valence-corrected chi connectivity index (χ2v) is 7.12. The Kier molecular flexibility index (Phi) is 7.51. The Balaban J connectivity index is 1.64. The number of amides is 1. The van der Waals surface area contributed by atoms with Crippen LogP contribution in [0.4, 0.5) is 22.7 Å². The topological polar surface area (TPSA) is 211 Å². The first kappa shape index (κ1) is 25.3. The van der Waals surface area contributed by atoms with Crippen LogP contribution < -0.4 is 10.8 Å². The molecule has 4 N–H and O–H groups in total. The normalized spacial score (nSPS) is 10.3. The quantitative estimate of drug-likeness (QED) is 0.235. The maximum absolute atomic E-state index is 12.5. The number of nitro benzene ring substituents is 2. The van der Waals surface area contributed by atoms with E-state index in [1.54, 1.807) is 0 Å². The molecule has 0 spiro atoms. The van der Waals surface area contributed by atoms with E-state index in [0.717, 1.165) is 30.3 Å². The van der Waals surface area contributed by atoms with E-state index in [1.807, 2.05) is 0 Å². The molecular formula is C22H16N4O10. The molecule has 3 aromatic carbocycles. The smallest absolute Gasteiger partial charge is 0.336 e. The van der Waals surface area contributed by atoms with Crippen LogP contribution in [0.1, 0.15) is 36.6 Å². The number of nitrogens with zero attached hydrogens (tertiary/aromatic N) is 2. The summed E-state index contributed by atoms with van der Waals surface area (Å²) in [5.74, 6) is -3.64. The fourth-order valence-corrected chi connectivity index (χ4v) is 3.04. The van der Waals surface area contributed by atoms with Gasteiger partial charge in [0.05, 0.1) is 32.2 Å². The lowest BCUT2D eigenvalue weighted by atomic mass is 10.1. The third-order valence-corrected chi connectivity index (χ3v) is 4.78. The van der Waals surface area contributed by atoms with E-state index in [1.165, 1.54) is 30.3 Å². The van der Waals surface area contributed by atoms with Gasteiger partial charge in [-0.3, -0.25) is 35.3 Å². The van der Waals surface area contributed by atoms with E-state index >= 15 is 0 Å². The minimum Gasteiger partial charge on any atom is -0.478 e. The van der Waals surface area contributed by atoms with Crippen molar-refractivity contribution in [3.63, 3.8) is 0 Å². The molecular weight excluding hydrogens is 480 g/mol. The highest BCUT2D eigenvalue weighted by atomic mass is 16.6. The number of benzene rings is 3. The second kappa shape index (κ2) is 10.7. The summed E-state index contributed by atoms with van der Waals surface area (Å²) in [5.41, 5.74) is 1.54. The summed E-state index contributed by atoms with van der Waals surface area (Å²) < 4.78 is 0. The fourth-order valence-electron chi connectivity index (χ4n) is 3.04. The summed E-state index contributed by atoms with van der Waals surface area (Å²) in [6.07, 6.45) is 0. The molecule has 0 atom stereocenters. The molecule has 1 amide bonds. The summed E-state index contributed by atoms with van der Waals surface area (Å²) in [6, 6.07) is 12.1. The Morgan fingerprint density at radius 3 is 1.83 bits per heavy atom. The van der Waals surface area contributed by atoms with Gasteiger partial charge in [0.25, 0.3) is 17.3 Å². The zero-order valence-electron chi connectivity index (χ0n) is 18.0. The molecule has 0 radical (unpaired) electrons. The van der Waals surface area contributed by atoms with Crippen LogP contribution >= 0.6 is 0 Å². The number of hydrogen-bond acceptors (Lipinski definition) is 9. The highest BCUT2D eigenvalue weighted by Crippen LogP contribution is 2.22. The van der Waals surface area contributed by atoms with Crippen LogP contribution in [0.15, 0.2) is 60.7 Å². The molecule has 0 aliphatic rings. The lowest BCUT2D eigenvalue weighted by molar-refractivity contribution is -0.385. The minimum absolute atomic E-state index is 0.196. The monoisotopic (exact) mass is 496 g/mol. The van der Waals surface area contributed by atoms with Crippen molar-refractivity contribution < 1.29 is 39.3 Å². The maximum atomic E-state index is 12.5. The van der Waals surface area contributed by atoms with Crippen molar-refractivity contribution in [2.75, 3.05) is 10.8 Å². The summed E-state index contributed by atoms with van der Waals surface area (Å²) in [4.78, 5) is 60.8. The van der Waals surface area contributed by atoms with Crippen molar-refractivity contribution in [1.82, 2.24) is 0 Å². The van der Waals surface area contributed by atoms with Gasteiger partial charge in [0.1, 0.15) is 6.61 Å². The lowest BCUT2D eigenvalue weighted by Gasteiger charge is -2.11. The Labute approximate surface area is 201 Å². The van der Waals surface area contributed by atoms with E-state index in [4.69, 9.17) is 4.84 Å². The molecule has 36 heavy (non-hydrogen) atoms. The van der Waals surface area contributed by atoms with Gasteiger partial charge in [-0.15, -0.1) is 0 Å². The number of carbonyl (C=O) groups excluding carboxylic acids is 1. The number of carboxylic acid groups (broad SMARTS) is 2. The SMILES string of the molecule is O=C(O)c1cc([N+](=O)[O-])ccc1CONc1ccc(NC(=O)c2ccc([N+](=O)[O-])cc2C(=O)O)cc1. The van der Waals surface area contributed by atoms with Crippen LogP contribution in [0.5, 0.6) is 0 Å². The summed E-state index contributed by atoms with van der Waals surface area (Å²) >= 11 is 0. The predicted octanol–water partition coefficient (Wildman–Crippen LogP) is 3.70. The lowest BCUT2D eigenvalue weighted by Crippen LogP contribution is -2.16. The van der Waals surface area contributed by atoms with Crippen LogP contribution in [0.3, 0.4) is 0 Å². The number of nitrogens with one attached hydrogen (secondary N) is 2. The van der Waals surface area contributed by atoms with Gasteiger partial charge >= 0.3 is 11.9 Å². The highest BCUT2D eigenvalue weighted by Gasteiger charge is 2.21. The first-order valence-electron chi connectivity index (χ1n) is 9.88. The molecule has 0 fully saturated rings. The van der Waals surface area contributed by atoms with Gasteiger partial charge in [-0.2, -0.15) is 0 Å². The number of hydrogen-bond donors (Lipinski definition) is 4. The van der Waals surface area contributed by atoms with E-state index in [0.29, 0.717) is 5.69 Å². The van der Waals surface area contributed by atoms with Gasteiger partial charge < -0.3 is 15.5 Å². The summed E-state index contributed by atoms with van der Waals surface area (Å²) in [7, 11) is 0. The molecule has 14 nitrogen and oxygen atoms in total. The van der Waals surface area contributed by atoms with Crippen molar-refractivity contribution in [3.8, 4) is 0 Å². The number of non-ortho nitro benzene ring substituents is 2. The number of carbonyl (C=O) groups is 3. The fraction of sp³-hybridized carbons (Fsp3) is 0.0455. The van der Waals surface area contributed by atoms with Crippen molar-refractivity contribution in [3.05, 3.63) is 103 Å². The molecule has 0 aliphatic carbocycles. The van der Waals surface area contributed by atoms with Crippen LogP contribution in [-0.4, -0.2) is 37.9 Å². The molecule has 0 aromatic heterocycles. The third kappa shape index (κ3) is 5.95. The van der Waals surface area contributed by atoms with Gasteiger partial charge in [-0.1, -0.05) is 0 Å². The number of rotatable bonds is 10. The maximum Gasteiger partial charge on any atom is 0.336 e. The van der Waals surface area contributed by atoms with Crippen LogP contribution in [0, 0.1) is 20.2 Å². The van der Waals surface area contributed by atoms with Crippen molar-refractivity contribution >= 4 is 40.6 Å². The number of anilines is 2. The molecule has 0 bridgehead atoms. The molecule has 184 valence electrons. The summed E-state index contributed by atoms with van der Waals surface area (Å²) in [6.45, 7) is -0.226. The molecule has 14 heteroatoms. The Morgan fingerprint density at radius 2 is 1.28 bits per heavy atom. The number of nitro groups is 2. The first-order valence-corrected chi connectivity index (χ1v) is 9.88. The van der Waals surface area contributed by atoms with E-state index in [-0.39, 0.29) is 34.7 Å². The Hall–Kier alpha value is -5.37. The van der Waals surface area contributed by atoms with E-state index < -0.39 is 38.9 Å². The summed E-state index contributed by atoms with van der Waals surface area (Å²) in [5, 5.41) is 42.7.